The second kappa shape index (κ2) is 4.78. The summed E-state index contributed by atoms with van der Waals surface area (Å²) in [6.45, 7) is 7.07. The monoisotopic (exact) mass is 265 g/mol. The van der Waals surface area contributed by atoms with Crippen LogP contribution in [0.3, 0.4) is 0 Å². The van der Waals surface area contributed by atoms with Gasteiger partial charge in [0.1, 0.15) is 12.1 Å². The van der Waals surface area contributed by atoms with Gasteiger partial charge in [-0.05, 0) is 45.2 Å². The molecule has 0 aromatic rings. The summed E-state index contributed by atoms with van der Waals surface area (Å²) in [5, 5.41) is 2.83. The minimum Gasteiger partial charge on any atom is -0.343 e. The zero-order valence-corrected chi connectivity index (χ0v) is 11.8. The van der Waals surface area contributed by atoms with Crippen LogP contribution >= 0.6 is 0 Å². The number of carbonyl (C=O) groups is 2. The molecule has 4 rings (SSSR count). The van der Waals surface area contributed by atoms with Crippen LogP contribution in [-0.2, 0) is 9.59 Å². The maximum absolute atomic E-state index is 12.6. The van der Waals surface area contributed by atoms with Gasteiger partial charge >= 0.3 is 0 Å². The molecule has 5 nitrogen and oxygen atoms in total. The van der Waals surface area contributed by atoms with Gasteiger partial charge in [-0.15, -0.1) is 0 Å². The third kappa shape index (κ3) is 2.04. The van der Waals surface area contributed by atoms with Crippen molar-refractivity contribution in [3.05, 3.63) is 0 Å². The molecule has 4 aliphatic heterocycles. The summed E-state index contributed by atoms with van der Waals surface area (Å²) in [7, 11) is 0. The van der Waals surface area contributed by atoms with E-state index >= 15 is 0 Å². The van der Waals surface area contributed by atoms with E-state index in [1.165, 1.54) is 12.8 Å². The van der Waals surface area contributed by atoms with Crippen LogP contribution in [-0.4, -0.2) is 59.4 Å². The van der Waals surface area contributed by atoms with Crippen LogP contribution in [0.1, 0.15) is 33.1 Å². The van der Waals surface area contributed by atoms with Crippen molar-refractivity contribution in [2.24, 2.45) is 5.92 Å². The van der Waals surface area contributed by atoms with Gasteiger partial charge in [-0.25, -0.2) is 0 Å². The second-order valence-corrected chi connectivity index (χ2v) is 6.10. The van der Waals surface area contributed by atoms with E-state index in [2.05, 4.69) is 10.2 Å². The van der Waals surface area contributed by atoms with Gasteiger partial charge in [-0.3, -0.25) is 9.59 Å². The number of piperazine rings is 1. The Labute approximate surface area is 114 Å². The molecule has 0 aliphatic carbocycles. The number of amides is 2. The molecule has 4 heterocycles. The SMILES string of the molecule is CCC1NC(=O)C(C)N(C2CN3CCC2CC3)C1=O. The molecule has 4 saturated heterocycles. The predicted octanol–water partition coefficient (Wildman–Crippen LogP) is 0.206. The maximum Gasteiger partial charge on any atom is 0.246 e. The fraction of sp³-hybridized carbons (Fsp3) is 0.857. The lowest BCUT2D eigenvalue weighted by Crippen LogP contribution is -2.69. The molecule has 3 unspecified atom stereocenters. The van der Waals surface area contributed by atoms with Crippen molar-refractivity contribution in [1.29, 1.82) is 0 Å². The summed E-state index contributed by atoms with van der Waals surface area (Å²) in [6, 6.07) is -0.398. The van der Waals surface area contributed by atoms with E-state index in [1.807, 2.05) is 18.7 Å². The average Bonchev–Trinajstić information content (AvgIpc) is 2.44. The lowest BCUT2D eigenvalue weighted by Gasteiger charge is -2.52. The van der Waals surface area contributed by atoms with Crippen molar-refractivity contribution in [3.63, 3.8) is 0 Å². The fourth-order valence-electron chi connectivity index (χ4n) is 3.83. The van der Waals surface area contributed by atoms with Crippen LogP contribution in [0.2, 0.25) is 0 Å². The second-order valence-electron chi connectivity index (χ2n) is 6.10. The Morgan fingerprint density at radius 1 is 1.26 bits per heavy atom. The molecule has 4 fully saturated rings. The third-order valence-corrected chi connectivity index (χ3v) is 5.05. The molecule has 0 saturated carbocycles. The van der Waals surface area contributed by atoms with E-state index in [0.717, 1.165) is 19.6 Å². The van der Waals surface area contributed by atoms with E-state index < -0.39 is 0 Å². The zero-order chi connectivity index (χ0) is 13.6. The van der Waals surface area contributed by atoms with Crippen molar-refractivity contribution in [2.45, 2.75) is 51.2 Å². The van der Waals surface area contributed by atoms with Gasteiger partial charge in [0.15, 0.2) is 0 Å². The molecule has 5 heteroatoms. The van der Waals surface area contributed by atoms with E-state index in [4.69, 9.17) is 0 Å². The van der Waals surface area contributed by atoms with Gasteiger partial charge < -0.3 is 15.1 Å². The highest BCUT2D eigenvalue weighted by atomic mass is 16.2. The van der Waals surface area contributed by atoms with Crippen LogP contribution in [0.15, 0.2) is 0 Å². The highest BCUT2D eigenvalue weighted by molar-refractivity contribution is 5.96. The predicted molar refractivity (Wildman–Crippen MR) is 71.5 cm³/mol. The first-order valence-electron chi connectivity index (χ1n) is 7.46. The summed E-state index contributed by atoms with van der Waals surface area (Å²) in [6.07, 6.45) is 3.01. The van der Waals surface area contributed by atoms with E-state index in [-0.39, 0.29) is 29.9 Å². The first kappa shape index (κ1) is 12.9. The lowest BCUT2D eigenvalue weighted by atomic mass is 9.82. The molecule has 4 aliphatic rings. The molecule has 0 spiro atoms. The molecule has 106 valence electrons. The largest absolute Gasteiger partial charge is 0.343 e. The van der Waals surface area contributed by atoms with Crippen molar-refractivity contribution in [2.75, 3.05) is 19.6 Å². The highest BCUT2D eigenvalue weighted by Crippen LogP contribution is 2.33. The number of nitrogens with one attached hydrogen (secondary N) is 1. The van der Waals surface area contributed by atoms with Crippen molar-refractivity contribution < 1.29 is 9.59 Å². The third-order valence-electron chi connectivity index (χ3n) is 5.05. The number of carbonyl (C=O) groups excluding carboxylic acids is 2. The smallest absolute Gasteiger partial charge is 0.246 e. The van der Waals surface area contributed by atoms with Gasteiger partial charge in [0.25, 0.3) is 0 Å². The van der Waals surface area contributed by atoms with Crippen LogP contribution in [0.25, 0.3) is 0 Å². The standard InChI is InChI=1S/C14H23N3O2/c1-3-11-14(19)17(9(2)13(18)15-11)12-8-16-6-4-10(12)5-7-16/h9-12H,3-8H2,1-2H3,(H,15,18). The summed E-state index contributed by atoms with van der Waals surface area (Å²) >= 11 is 0. The summed E-state index contributed by atoms with van der Waals surface area (Å²) in [4.78, 5) is 29.0. The molecule has 19 heavy (non-hydrogen) atoms. The quantitative estimate of drug-likeness (QED) is 0.776. The Kier molecular flexibility index (Phi) is 3.25. The van der Waals surface area contributed by atoms with Crippen LogP contribution in [0, 0.1) is 5.92 Å². The Hall–Kier alpha value is -1.10. The fourth-order valence-corrected chi connectivity index (χ4v) is 3.83. The Balaban J connectivity index is 1.84. The number of piperidine rings is 3. The van der Waals surface area contributed by atoms with Crippen LogP contribution in [0.4, 0.5) is 0 Å². The molecule has 0 aromatic carbocycles. The molecule has 3 atom stereocenters. The molecule has 2 amide bonds. The first-order chi connectivity index (χ1) is 9.11. The van der Waals surface area contributed by atoms with Crippen LogP contribution in [0.5, 0.6) is 0 Å². The Morgan fingerprint density at radius 3 is 2.47 bits per heavy atom. The molecular weight excluding hydrogens is 242 g/mol. The van der Waals surface area contributed by atoms with Gasteiger partial charge in [0.05, 0.1) is 0 Å². The highest BCUT2D eigenvalue weighted by Gasteiger charge is 2.46. The van der Waals surface area contributed by atoms with Crippen LogP contribution < -0.4 is 5.32 Å². The summed E-state index contributed by atoms with van der Waals surface area (Å²) < 4.78 is 0. The minimum atomic E-state index is -0.320. The number of fused-ring (bicyclic) bond motifs is 3. The van der Waals surface area contributed by atoms with Gasteiger partial charge in [-0.2, -0.15) is 0 Å². The topological polar surface area (TPSA) is 52.7 Å². The van der Waals surface area contributed by atoms with Gasteiger partial charge in [-0.1, -0.05) is 6.92 Å². The lowest BCUT2D eigenvalue weighted by molar-refractivity contribution is -0.156. The van der Waals surface area contributed by atoms with Crippen molar-refractivity contribution >= 4 is 11.8 Å². The van der Waals surface area contributed by atoms with E-state index in [9.17, 15) is 9.59 Å². The Morgan fingerprint density at radius 2 is 1.95 bits per heavy atom. The van der Waals surface area contributed by atoms with Crippen molar-refractivity contribution in [1.82, 2.24) is 15.1 Å². The number of hydrogen-bond donors (Lipinski definition) is 1. The summed E-state index contributed by atoms with van der Waals surface area (Å²) in [5.74, 6) is 0.705. The maximum atomic E-state index is 12.6. The van der Waals surface area contributed by atoms with E-state index in [1.54, 1.807) is 0 Å². The molecule has 0 radical (unpaired) electrons. The van der Waals surface area contributed by atoms with Gasteiger partial charge in [0, 0.05) is 12.6 Å². The van der Waals surface area contributed by atoms with Gasteiger partial charge in [0.2, 0.25) is 11.8 Å². The zero-order valence-electron chi connectivity index (χ0n) is 11.8. The number of nitrogens with zero attached hydrogens (tertiary/aromatic N) is 2. The Bertz CT molecular complexity index is 390. The van der Waals surface area contributed by atoms with E-state index in [0.29, 0.717) is 12.3 Å². The molecule has 0 aromatic heterocycles. The summed E-state index contributed by atoms with van der Waals surface area (Å²) in [5.41, 5.74) is 0. The molecule has 1 N–H and O–H groups in total. The number of rotatable bonds is 2. The number of hydrogen-bond acceptors (Lipinski definition) is 3. The van der Waals surface area contributed by atoms with Crippen molar-refractivity contribution in [3.8, 4) is 0 Å². The molecular formula is C14H23N3O2. The molecule has 2 bridgehead atoms. The average molecular weight is 265 g/mol. The minimum absolute atomic E-state index is 0.00268. The first-order valence-corrected chi connectivity index (χ1v) is 7.46. The normalized spacial score (nSPS) is 42.4.